The zero-order valence-corrected chi connectivity index (χ0v) is 13.0. The first kappa shape index (κ1) is 14.9. The predicted octanol–water partition coefficient (Wildman–Crippen LogP) is 4.43. The van der Waals surface area contributed by atoms with Crippen LogP contribution in [0.1, 0.15) is 30.9 Å². The van der Waals surface area contributed by atoms with Gasteiger partial charge in [0.15, 0.2) is 0 Å². The Balaban J connectivity index is 2.24. The molecule has 2 N–H and O–H groups in total. The van der Waals surface area contributed by atoms with Crippen LogP contribution in [0.5, 0.6) is 5.75 Å². The molecule has 2 aromatic rings. The Morgan fingerprint density at radius 3 is 2.35 bits per heavy atom. The Labute approximate surface area is 125 Å². The SMILES string of the molecule is COc1ccc(CN)c(Sc2ccc(C(C)C)cc2)c1. The Morgan fingerprint density at radius 2 is 1.80 bits per heavy atom. The first-order chi connectivity index (χ1) is 9.63. The summed E-state index contributed by atoms with van der Waals surface area (Å²) in [5, 5.41) is 0. The van der Waals surface area contributed by atoms with E-state index in [4.69, 9.17) is 10.5 Å². The second-order valence-electron chi connectivity index (χ2n) is 5.00. The smallest absolute Gasteiger partial charge is 0.120 e. The highest BCUT2D eigenvalue weighted by molar-refractivity contribution is 7.99. The highest BCUT2D eigenvalue weighted by Gasteiger charge is 2.06. The van der Waals surface area contributed by atoms with Crippen molar-refractivity contribution in [2.24, 2.45) is 5.73 Å². The third-order valence-corrected chi connectivity index (χ3v) is 4.38. The molecule has 0 aliphatic rings. The molecule has 2 rings (SSSR count). The molecule has 0 spiro atoms. The Hall–Kier alpha value is -1.45. The van der Waals surface area contributed by atoms with E-state index in [1.165, 1.54) is 10.5 Å². The molecule has 0 aromatic heterocycles. The van der Waals surface area contributed by atoms with E-state index >= 15 is 0 Å². The normalized spacial score (nSPS) is 10.8. The molecule has 2 aromatic carbocycles. The summed E-state index contributed by atoms with van der Waals surface area (Å²) in [4.78, 5) is 2.38. The largest absolute Gasteiger partial charge is 0.497 e. The molecular weight excluding hydrogens is 266 g/mol. The highest BCUT2D eigenvalue weighted by atomic mass is 32.2. The Kier molecular flexibility index (Phi) is 5.10. The van der Waals surface area contributed by atoms with E-state index in [0.29, 0.717) is 12.5 Å². The number of rotatable bonds is 5. The van der Waals surface area contributed by atoms with E-state index in [1.807, 2.05) is 18.2 Å². The molecule has 0 fully saturated rings. The quantitative estimate of drug-likeness (QED) is 0.883. The zero-order valence-electron chi connectivity index (χ0n) is 12.2. The summed E-state index contributed by atoms with van der Waals surface area (Å²) < 4.78 is 5.29. The first-order valence-corrected chi connectivity index (χ1v) is 7.60. The van der Waals surface area contributed by atoms with Gasteiger partial charge in [0.05, 0.1) is 7.11 Å². The number of ether oxygens (including phenoxy) is 1. The molecule has 2 nitrogen and oxygen atoms in total. The van der Waals surface area contributed by atoms with Gasteiger partial charge in [0.1, 0.15) is 5.75 Å². The zero-order chi connectivity index (χ0) is 14.5. The molecule has 0 aliphatic carbocycles. The second-order valence-corrected chi connectivity index (χ2v) is 6.12. The van der Waals surface area contributed by atoms with Crippen LogP contribution in [-0.2, 0) is 6.54 Å². The number of nitrogens with two attached hydrogens (primary N) is 1. The van der Waals surface area contributed by atoms with Crippen molar-refractivity contribution < 1.29 is 4.74 Å². The monoisotopic (exact) mass is 287 g/mol. The maximum absolute atomic E-state index is 5.81. The van der Waals surface area contributed by atoms with E-state index < -0.39 is 0 Å². The standard InChI is InChI=1S/C17H21NOS/c1-12(2)13-5-8-16(9-6-13)20-17-10-15(19-3)7-4-14(17)11-18/h4-10,12H,11,18H2,1-3H3. The lowest BCUT2D eigenvalue weighted by atomic mass is 10.0. The van der Waals surface area contributed by atoms with E-state index in [2.05, 4.69) is 38.1 Å². The fourth-order valence-electron chi connectivity index (χ4n) is 1.97. The maximum Gasteiger partial charge on any atom is 0.120 e. The van der Waals surface area contributed by atoms with Gasteiger partial charge in [-0.3, -0.25) is 0 Å². The van der Waals surface area contributed by atoms with Gasteiger partial charge in [-0.05, 0) is 41.3 Å². The average Bonchev–Trinajstić information content (AvgIpc) is 2.47. The lowest BCUT2D eigenvalue weighted by Gasteiger charge is -2.11. The summed E-state index contributed by atoms with van der Waals surface area (Å²) in [5.41, 5.74) is 8.31. The molecule has 0 atom stereocenters. The number of hydrogen-bond donors (Lipinski definition) is 1. The molecule has 0 amide bonds. The molecule has 3 heteroatoms. The van der Waals surface area contributed by atoms with Crippen LogP contribution in [0.3, 0.4) is 0 Å². The molecule has 106 valence electrons. The summed E-state index contributed by atoms with van der Waals surface area (Å²) >= 11 is 1.73. The van der Waals surface area contributed by atoms with Gasteiger partial charge in [-0.25, -0.2) is 0 Å². The van der Waals surface area contributed by atoms with Crippen LogP contribution < -0.4 is 10.5 Å². The Morgan fingerprint density at radius 1 is 1.10 bits per heavy atom. The van der Waals surface area contributed by atoms with Gasteiger partial charge in [0, 0.05) is 16.3 Å². The number of methoxy groups -OCH3 is 1. The van der Waals surface area contributed by atoms with Crippen LogP contribution in [-0.4, -0.2) is 7.11 Å². The van der Waals surface area contributed by atoms with Crippen molar-refractivity contribution in [2.75, 3.05) is 7.11 Å². The number of hydrogen-bond acceptors (Lipinski definition) is 3. The van der Waals surface area contributed by atoms with Gasteiger partial charge in [-0.15, -0.1) is 0 Å². The van der Waals surface area contributed by atoms with Crippen molar-refractivity contribution in [3.05, 3.63) is 53.6 Å². The van der Waals surface area contributed by atoms with Crippen molar-refractivity contribution in [3.8, 4) is 5.75 Å². The topological polar surface area (TPSA) is 35.2 Å². The predicted molar refractivity (Wildman–Crippen MR) is 85.5 cm³/mol. The van der Waals surface area contributed by atoms with Gasteiger partial charge in [0.2, 0.25) is 0 Å². The fourth-order valence-corrected chi connectivity index (χ4v) is 2.96. The highest BCUT2D eigenvalue weighted by Crippen LogP contribution is 2.33. The summed E-state index contributed by atoms with van der Waals surface area (Å²) in [6, 6.07) is 14.7. The molecule has 0 radical (unpaired) electrons. The summed E-state index contributed by atoms with van der Waals surface area (Å²) in [7, 11) is 1.68. The van der Waals surface area contributed by atoms with Gasteiger partial charge < -0.3 is 10.5 Å². The van der Waals surface area contributed by atoms with Gasteiger partial charge in [0.25, 0.3) is 0 Å². The third-order valence-electron chi connectivity index (χ3n) is 3.27. The van der Waals surface area contributed by atoms with Crippen molar-refractivity contribution in [1.29, 1.82) is 0 Å². The summed E-state index contributed by atoms with van der Waals surface area (Å²) in [6.45, 7) is 4.95. The maximum atomic E-state index is 5.81. The molecule has 0 saturated heterocycles. The molecule has 0 unspecified atom stereocenters. The Bertz CT molecular complexity index is 564. The molecule has 0 aliphatic heterocycles. The van der Waals surface area contributed by atoms with E-state index in [1.54, 1.807) is 18.9 Å². The van der Waals surface area contributed by atoms with Gasteiger partial charge in [-0.1, -0.05) is 43.8 Å². The van der Waals surface area contributed by atoms with Crippen molar-refractivity contribution in [2.45, 2.75) is 36.1 Å². The van der Waals surface area contributed by atoms with E-state index in [-0.39, 0.29) is 0 Å². The van der Waals surface area contributed by atoms with Crippen LogP contribution in [0, 0.1) is 0 Å². The third kappa shape index (κ3) is 3.56. The minimum atomic E-state index is 0.538. The second kappa shape index (κ2) is 6.82. The van der Waals surface area contributed by atoms with E-state index in [9.17, 15) is 0 Å². The minimum Gasteiger partial charge on any atom is -0.497 e. The van der Waals surface area contributed by atoms with Crippen molar-refractivity contribution in [3.63, 3.8) is 0 Å². The van der Waals surface area contributed by atoms with Crippen molar-refractivity contribution >= 4 is 11.8 Å². The molecule has 0 saturated carbocycles. The van der Waals surface area contributed by atoms with Crippen LogP contribution in [0.2, 0.25) is 0 Å². The first-order valence-electron chi connectivity index (χ1n) is 6.79. The lowest BCUT2D eigenvalue weighted by Crippen LogP contribution is -1.98. The summed E-state index contributed by atoms with van der Waals surface area (Å²) in [5.74, 6) is 1.42. The van der Waals surface area contributed by atoms with Crippen LogP contribution in [0.4, 0.5) is 0 Å². The lowest BCUT2D eigenvalue weighted by molar-refractivity contribution is 0.413. The van der Waals surface area contributed by atoms with Crippen LogP contribution >= 0.6 is 11.8 Å². The minimum absolute atomic E-state index is 0.538. The molecule has 20 heavy (non-hydrogen) atoms. The van der Waals surface area contributed by atoms with Crippen LogP contribution in [0.25, 0.3) is 0 Å². The van der Waals surface area contributed by atoms with E-state index in [0.717, 1.165) is 16.2 Å². The average molecular weight is 287 g/mol. The molecule has 0 bridgehead atoms. The summed E-state index contributed by atoms with van der Waals surface area (Å²) in [6.07, 6.45) is 0. The van der Waals surface area contributed by atoms with Gasteiger partial charge >= 0.3 is 0 Å². The van der Waals surface area contributed by atoms with Crippen molar-refractivity contribution in [1.82, 2.24) is 0 Å². The molecule has 0 heterocycles. The van der Waals surface area contributed by atoms with Gasteiger partial charge in [-0.2, -0.15) is 0 Å². The molecular formula is C17H21NOS. The fraction of sp³-hybridized carbons (Fsp3) is 0.294. The van der Waals surface area contributed by atoms with Crippen LogP contribution in [0.15, 0.2) is 52.3 Å². The number of benzene rings is 2.